The van der Waals surface area contributed by atoms with Gasteiger partial charge in [-0.3, -0.25) is 0 Å². The molecule has 0 atom stereocenters. The maximum absolute atomic E-state index is 14.1. The van der Waals surface area contributed by atoms with Gasteiger partial charge in [-0.25, -0.2) is 14.4 Å². The molecule has 1 aromatic heterocycles. The Morgan fingerprint density at radius 3 is 2.52 bits per heavy atom. The summed E-state index contributed by atoms with van der Waals surface area (Å²) in [4.78, 5) is 13.9. The fourth-order valence-electron chi connectivity index (χ4n) is 3.78. The predicted octanol–water partition coefficient (Wildman–Crippen LogP) is 3.00. The number of nitrogens with one attached hydrogen (secondary N) is 1. The number of piperazine rings is 1. The molecular weight excluding hydrogens is 367 g/mol. The van der Waals surface area contributed by atoms with E-state index in [4.69, 9.17) is 9.98 Å². The molecule has 0 unspecified atom stereocenters. The Bertz CT molecular complexity index is 1000. The number of hydrogen-bond acceptors (Lipinski definition) is 3. The van der Waals surface area contributed by atoms with Crippen LogP contribution in [0.4, 0.5) is 10.1 Å². The summed E-state index contributed by atoms with van der Waals surface area (Å²) in [5.41, 5.74) is 2.78. The first kappa shape index (κ1) is 19.2. The molecule has 0 saturated carbocycles. The smallest absolute Gasteiger partial charge is 0.194 e. The van der Waals surface area contributed by atoms with Gasteiger partial charge in [0, 0.05) is 39.8 Å². The molecule has 0 aliphatic carbocycles. The molecule has 1 aliphatic rings. The van der Waals surface area contributed by atoms with Crippen LogP contribution < -0.4 is 10.2 Å². The summed E-state index contributed by atoms with van der Waals surface area (Å²) in [5.74, 6) is 1.66. The summed E-state index contributed by atoms with van der Waals surface area (Å²) in [6.07, 6.45) is 0. The molecule has 1 aliphatic heterocycles. The second-order valence-electron chi connectivity index (χ2n) is 7.17. The van der Waals surface area contributed by atoms with Crippen LogP contribution in [0, 0.1) is 5.82 Å². The van der Waals surface area contributed by atoms with Crippen molar-refractivity contribution in [2.24, 2.45) is 12.0 Å². The number of nitrogens with zero attached hydrogens (tertiary/aromatic N) is 5. The lowest BCUT2D eigenvalue weighted by molar-refractivity contribution is 0.370. The monoisotopic (exact) mass is 394 g/mol. The maximum Gasteiger partial charge on any atom is 0.194 e. The Morgan fingerprint density at radius 2 is 1.79 bits per heavy atom. The van der Waals surface area contributed by atoms with Crippen molar-refractivity contribution < 1.29 is 4.39 Å². The van der Waals surface area contributed by atoms with Gasteiger partial charge in [0.2, 0.25) is 0 Å². The molecule has 0 amide bonds. The fraction of sp³-hybridized carbons (Fsp3) is 0.364. The topological polar surface area (TPSA) is 48.7 Å². The summed E-state index contributed by atoms with van der Waals surface area (Å²) < 4.78 is 16.2. The number of benzene rings is 2. The summed E-state index contributed by atoms with van der Waals surface area (Å²) in [5, 5.41) is 3.39. The van der Waals surface area contributed by atoms with Crippen molar-refractivity contribution in [2.45, 2.75) is 13.5 Å². The third kappa shape index (κ3) is 4.04. The zero-order valence-corrected chi connectivity index (χ0v) is 17.0. The van der Waals surface area contributed by atoms with Crippen molar-refractivity contribution in [1.82, 2.24) is 19.8 Å². The molecule has 1 N–H and O–H groups in total. The number of guanidine groups is 1. The molecule has 2 aromatic carbocycles. The van der Waals surface area contributed by atoms with Crippen molar-refractivity contribution >= 4 is 22.7 Å². The number of aromatic nitrogens is 2. The molecule has 7 heteroatoms. The normalized spacial score (nSPS) is 15.2. The number of para-hydroxylation sites is 3. The van der Waals surface area contributed by atoms with Crippen molar-refractivity contribution in [3.05, 3.63) is 60.2 Å². The van der Waals surface area contributed by atoms with Crippen LogP contribution in [0.15, 0.2) is 53.5 Å². The van der Waals surface area contributed by atoms with E-state index in [-0.39, 0.29) is 5.82 Å². The Balaban J connectivity index is 1.46. The Kier molecular flexibility index (Phi) is 5.64. The molecule has 29 heavy (non-hydrogen) atoms. The molecule has 3 aromatic rings. The molecule has 152 valence electrons. The van der Waals surface area contributed by atoms with E-state index < -0.39 is 0 Å². The minimum atomic E-state index is -0.164. The van der Waals surface area contributed by atoms with Crippen molar-refractivity contribution in [1.29, 1.82) is 0 Å². The van der Waals surface area contributed by atoms with E-state index in [1.165, 1.54) is 6.07 Å². The van der Waals surface area contributed by atoms with E-state index in [1.54, 1.807) is 6.07 Å². The number of hydrogen-bond donors (Lipinski definition) is 1. The largest absolute Gasteiger partial charge is 0.366 e. The number of aliphatic imine (C=N–C) groups is 1. The predicted molar refractivity (Wildman–Crippen MR) is 116 cm³/mol. The van der Waals surface area contributed by atoms with Crippen LogP contribution in [-0.2, 0) is 13.6 Å². The highest BCUT2D eigenvalue weighted by molar-refractivity contribution is 5.80. The summed E-state index contributed by atoms with van der Waals surface area (Å²) >= 11 is 0. The minimum Gasteiger partial charge on any atom is -0.366 e. The molecule has 2 heterocycles. The van der Waals surface area contributed by atoms with Crippen LogP contribution in [-0.4, -0.2) is 53.1 Å². The Labute approximate surface area is 170 Å². The third-order valence-corrected chi connectivity index (χ3v) is 5.36. The third-order valence-electron chi connectivity index (χ3n) is 5.36. The number of imidazole rings is 1. The van der Waals surface area contributed by atoms with Crippen LogP contribution in [0.2, 0.25) is 0 Å². The van der Waals surface area contributed by atoms with Crippen LogP contribution >= 0.6 is 0 Å². The molecule has 0 spiro atoms. The van der Waals surface area contributed by atoms with Gasteiger partial charge in [-0.2, -0.15) is 0 Å². The van der Waals surface area contributed by atoms with Gasteiger partial charge in [0.25, 0.3) is 0 Å². The van der Waals surface area contributed by atoms with Crippen LogP contribution in [0.5, 0.6) is 0 Å². The lowest BCUT2D eigenvalue weighted by Gasteiger charge is -2.37. The van der Waals surface area contributed by atoms with Crippen LogP contribution in [0.3, 0.4) is 0 Å². The maximum atomic E-state index is 14.1. The van der Waals surface area contributed by atoms with E-state index >= 15 is 0 Å². The van der Waals surface area contributed by atoms with Crippen LogP contribution in [0.25, 0.3) is 11.0 Å². The van der Waals surface area contributed by atoms with Gasteiger partial charge in [-0.1, -0.05) is 24.3 Å². The first-order chi connectivity index (χ1) is 14.2. The van der Waals surface area contributed by atoms with E-state index in [0.717, 1.165) is 55.5 Å². The summed E-state index contributed by atoms with van der Waals surface area (Å²) in [7, 11) is 2.03. The number of aryl methyl sites for hydroxylation is 1. The lowest BCUT2D eigenvalue weighted by Crippen LogP contribution is -2.52. The second kappa shape index (κ2) is 8.51. The van der Waals surface area contributed by atoms with E-state index in [9.17, 15) is 4.39 Å². The highest BCUT2D eigenvalue weighted by atomic mass is 19.1. The van der Waals surface area contributed by atoms with Crippen molar-refractivity contribution in [3.63, 3.8) is 0 Å². The lowest BCUT2D eigenvalue weighted by atomic mass is 10.2. The zero-order valence-electron chi connectivity index (χ0n) is 17.0. The van der Waals surface area contributed by atoms with Gasteiger partial charge in [-0.15, -0.1) is 0 Å². The van der Waals surface area contributed by atoms with Crippen molar-refractivity contribution in [2.75, 3.05) is 37.6 Å². The van der Waals surface area contributed by atoms with Crippen molar-refractivity contribution in [3.8, 4) is 0 Å². The van der Waals surface area contributed by atoms with Crippen LogP contribution in [0.1, 0.15) is 12.7 Å². The van der Waals surface area contributed by atoms with E-state index in [0.29, 0.717) is 12.2 Å². The van der Waals surface area contributed by atoms with E-state index in [1.807, 2.05) is 37.4 Å². The number of rotatable bonds is 4. The molecule has 1 fully saturated rings. The first-order valence-electron chi connectivity index (χ1n) is 10.1. The number of fused-ring (bicyclic) bond motifs is 1. The number of halogens is 1. The summed E-state index contributed by atoms with van der Waals surface area (Å²) in [6, 6.07) is 15.1. The van der Waals surface area contributed by atoms with Gasteiger partial charge in [0.05, 0.1) is 16.7 Å². The quantitative estimate of drug-likeness (QED) is 0.546. The molecule has 4 rings (SSSR count). The molecule has 0 radical (unpaired) electrons. The molecule has 6 nitrogen and oxygen atoms in total. The zero-order chi connectivity index (χ0) is 20.2. The van der Waals surface area contributed by atoms with Gasteiger partial charge >= 0.3 is 0 Å². The number of anilines is 1. The molecular formula is C22H27FN6. The average molecular weight is 394 g/mol. The highest BCUT2D eigenvalue weighted by Gasteiger charge is 2.21. The molecule has 1 saturated heterocycles. The average Bonchev–Trinajstić information content (AvgIpc) is 3.07. The van der Waals surface area contributed by atoms with Gasteiger partial charge < -0.3 is 19.7 Å². The first-order valence-corrected chi connectivity index (χ1v) is 10.1. The van der Waals surface area contributed by atoms with Gasteiger partial charge in [-0.05, 0) is 31.2 Å². The fourth-order valence-corrected chi connectivity index (χ4v) is 3.78. The minimum absolute atomic E-state index is 0.164. The Hall–Kier alpha value is -3.09. The SMILES string of the molecule is CCNC(=NCc1nc2ccccc2n1C)N1CCN(c2ccccc2F)CC1. The Morgan fingerprint density at radius 1 is 1.07 bits per heavy atom. The summed E-state index contributed by atoms with van der Waals surface area (Å²) in [6.45, 7) is 6.50. The van der Waals surface area contributed by atoms with Gasteiger partial charge in [0.15, 0.2) is 5.96 Å². The van der Waals surface area contributed by atoms with E-state index in [2.05, 4.69) is 32.7 Å². The standard InChI is InChI=1S/C22H27FN6/c1-3-24-22(25-16-21-26-18-9-5-7-11-20(18)27(21)2)29-14-12-28(13-15-29)19-10-6-4-8-17(19)23/h4-11H,3,12-16H2,1-2H3,(H,24,25). The van der Waals surface area contributed by atoms with Gasteiger partial charge in [0.1, 0.15) is 18.2 Å². The molecule has 0 bridgehead atoms. The second-order valence-corrected chi connectivity index (χ2v) is 7.17. The highest BCUT2D eigenvalue weighted by Crippen LogP contribution is 2.20.